The van der Waals surface area contributed by atoms with Gasteiger partial charge >= 0.3 is 0 Å². The molecule has 1 fully saturated rings. The molecule has 3 rings (SSSR count). The molecule has 2 aromatic rings. The summed E-state index contributed by atoms with van der Waals surface area (Å²) in [5.41, 5.74) is 3.72. The quantitative estimate of drug-likeness (QED) is 0.441. The lowest BCUT2D eigenvalue weighted by molar-refractivity contribution is -0.117. The Labute approximate surface area is 151 Å². The fourth-order valence-corrected chi connectivity index (χ4v) is 2.94. The number of carbonyl (C=O) groups is 2. The van der Waals surface area contributed by atoms with Crippen LogP contribution in [0, 0.1) is 3.57 Å². The predicted molar refractivity (Wildman–Crippen MR) is 97.4 cm³/mol. The van der Waals surface area contributed by atoms with E-state index in [2.05, 4.69) is 5.43 Å². The largest absolute Gasteiger partial charge is 0.504 e. The Morgan fingerprint density at radius 3 is 2.58 bits per heavy atom. The van der Waals surface area contributed by atoms with Gasteiger partial charge in [0.2, 0.25) is 0 Å². The zero-order chi connectivity index (χ0) is 17.3. The van der Waals surface area contributed by atoms with Gasteiger partial charge in [-0.1, -0.05) is 18.2 Å². The van der Waals surface area contributed by atoms with Crippen LogP contribution >= 0.6 is 22.6 Å². The first-order valence-electron chi connectivity index (χ1n) is 7.00. The van der Waals surface area contributed by atoms with E-state index in [9.17, 15) is 14.7 Å². The molecule has 0 saturated carbocycles. The van der Waals surface area contributed by atoms with Gasteiger partial charge in [0.05, 0.1) is 16.4 Å². The number of methoxy groups -OCH3 is 1. The van der Waals surface area contributed by atoms with Crippen LogP contribution in [0.25, 0.3) is 6.08 Å². The Bertz CT molecular complexity index is 849. The van der Waals surface area contributed by atoms with Gasteiger partial charge in [-0.15, -0.1) is 0 Å². The van der Waals surface area contributed by atoms with Gasteiger partial charge in [-0.05, 0) is 58.5 Å². The van der Waals surface area contributed by atoms with Gasteiger partial charge in [-0.3, -0.25) is 15.0 Å². The third-order valence-corrected chi connectivity index (χ3v) is 4.31. The molecule has 0 aromatic heterocycles. The zero-order valence-electron chi connectivity index (χ0n) is 12.6. The molecule has 1 aliphatic rings. The number of rotatable bonds is 3. The summed E-state index contributed by atoms with van der Waals surface area (Å²) in [5, 5.41) is 11.1. The number of halogens is 1. The first kappa shape index (κ1) is 16.3. The molecule has 122 valence electrons. The van der Waals surface area contributed by atoms with Gasteiger partial charge in [-0.2, -0.15) is 0 Å². The second-order valence-corrected chi connectivity index (χ2v) is 6.19. The summed E-state index contributed by atoms with van der Waals surface area (Å²) in [4.78, 5) is 24.7. The first-order chi connectivity index (χ1) is 11.5. The Hall–Kier alpha value is -2.55. The Morgan fingerprint density at radius 1 is 1.21 bits per heavy atom. The standard InChI is InChI=1S/C17H13IN2O4/c1-24-14-9-10(8-13(18)15(14)21)7-12-16(22)19-20(17(12)23)11-5-3-2-4-6-11/h2-9,21H,1H3,(H,19,22). The number of aromatic hydroxyl groups is 1. The number of hydrogen-bond acceptors (Lipinski definition) is 4. The smallest absolute Gasteiger partial charge is 0.282 e. The summed E-state index contributed by atoms with van der Waals surface area (Å²) < 4.78 is 5.65. The molecule has 0 atom stereocenters. The van der Waals surface area contributed by atoms with E-state index in [0.29, 0.717) is 14.8 Å². The topological polar surface area (TPSA) is 78.9 Å². The highest BCUT2D eigenvalue weighted by Crippen LogP contribution is 2.33. The number of phenols is 1. The van der Waals surface area contributed by atoms with Crippen LogP contribution in [0.15, 0.2) is 48.0 Å². The van der Waals surface area contributed by atoms with Crippen molar-refractivity contribution in [2.45, 2.75) is 0 Å². The van der Waals surface area contributed by atoms with E-state index in [0.717, 1.165) is 0 Å². The lowest BCUT2D eigenvalue weighted by Gasteiger charge is -2.13. The predicted octanol–water partition coefficient (Wildman–Crippen LogP) is 2.47. The molecule has 0 unspecified atom stereocenters. The van der Waals surface area contributed by atoms with E-state index in [-0.39, 0.29) is 17.1 Å². The minimum atomic E-state index is -0.481. The maximum absolute atomic E-state index is 12.5. The number of benzene rings is 2. The van der Waals surface area contributed by atoms with Crippen LogP contribution < -0.4 is 15.2 Å². The average molecular weight is 436 g/mol. The number of hydrazine groups is 1. The summed E-state index contributed by atoms with van der Waals surface area (Å²) in [6.45, 7) is 0. The molecule has 0 aliphatic carbocycles. The fourth-order valence-electron chi connectivity index (χ4n) is 2.32. The second kappa shape index (κ2) is 6.52. The molecule has 24 heavy (non-hydrogen) atoms. The van der Waals surface area contributed by atoms with Gasteiger partial charge in [0, 0.05) is 0 Å². The molecule has 2 N–H and O–H groups in total. The highest BCUT2D eigenvalue weighted by Gasteiger charge is 2.34. The van der Waals surface area contributed by atoms with Crippen molar-refractivity contribution >= 4 is 46.2 Å². The van der Waals surface area contributed by atoms with Crippen molar-refractivity contribution in [2.75, 3.05) is 12.1 Å². The first-order valence-corrected chi connectivity index (χ1v) is 8.08. The van der Waals surface area contributed by atoms with E-state index in [4.69, 9.17) is 4.74 Å². The van der Waals surface area contributed by atoms with Gasteiger partial charge in [0.15, 0.2) is 11.5 Å². The highest BCUT2D eigenvalue weighted by atomic mass is 127. The van der Waals surface area contributed by atoms with Gasteiger partial charge in [0.1, 0.15) is 5.57 Å². The van der Waals surface area contributed by atoms with Crippen LogP contribution in [0.5, 0.6) is 11.5 Å². The monoisotopic (exact) mass is 436 g/mol. The van der Waals surface area contributed by atoms with Crippen LogP contribution in [0.2, 0.25) is 0 Å². The Kier molecular flexibility index (Phi) is 4.43. The molecule has 1 heterocycles. The molecule has 0 bridgehead atoms. The molecular formula is C17H13IN2O4. The fraction of sp³-hybridized carbons (Fsp3) is 0.0588. The zero-order valence-corrected chi connectivity index (χ0v) is 14.8. The highest BCUT2D eigenvalue weighted by molar-refractivity contribution is 14.1. The molecule has 0 radical (unpaired) electrons. The van der Waals surface area contributed by atoms with Crippen LogP contribution in [-0.4, -0.2) is 24.0 Å². The minimum absolute atomic E-state index is 0.0161. The number of anilines is 1. The number of ether oxygens (including phenoxy) is 1. The number of amides is 2. The van der Waals surface area contributed by atoms with Crippen LogP contribution in [-0.2, 0) is 9.59 Å². The summed E-state index contributed by atoms with van der Waals surface area (Å²) in [6.07, 6.45) is 1.48. The average Bonchev–Trinajstić information content (AvgIpc) is 2.87. The van der Waals surface area contributed by atoms with Gasteiger partial charge in [-0.25, -0.2) is 5.01 Å². The molecule has 1 saturated heterocycles. The van der Waals surface area contributed by atoms with Crippen LogP contribution in [0.3, 0.4) is 0 Å². The Morgan fingerprint density at radius 2 is 1.92 bits per heavy atom. The van der Waals surface area contributed by atoms with E-state index in [1.165, 1.54) is 18.2 Å². The summed E-state index contributed by atoms with van der Waals surface area (Å²) in [6, 6.07) is 12.1. The van der Waals surface area contributed by atoms with Gasteiger partial charge < -0.3 is 9.84 Å². The molecule has 2 amide bonds. The van der Waals surface area contributed by atoms with Gasteiger partial charge in [0.25, 0.3) is 11.8 Å². The lowest BCUT2D eigenvalue weighted by atomic mass is 10.1. The van der Waals surface area contributed by atoms with E-state index in [1.807, 2.05) is 28.7 Å². The van der Waals surface area contributed by atoms with Crippen molar-refractivity contribution in [3.8, 4) is 11.5 Å². The molecule has 1 aliphatic heterocycles. The molecule has 0 spiro atoms. The molecular weight excluding hydrogens is 423 g/mol. The molecule has 6 nitrogen and oxygen atoms in total. The molecule has 7 heteroatoms. The number of nitrogens with zero attached hydrogens (tertiary/aromatic N) is 1. The van der Waals surface area contributed by atoms with Crippen LogP contribution in [0.4, 0.5) is 5.69 Å². The number of phenolic OH excluding ortho intramolecular Hbond substituents is 1. The summed E-state index contributed by atoms with van der Waals surface area (Å²) >= 11 is 1.95. The van der Waals surface area contributed by atoms with Crippen molar-refractivity contribution in [1.29, 1.82) is 0 Å². The van der Waals surface area contributed by atoms with Crippen molar-refractivity contribution < 1.29 is 19.4 Å². The van der Waals surface area contributed by atoms with Crippen molar-refractivity contribution in [1.82, 2.24) is 5.43 Å². The number of hydrogen-bond donors (Lipinski definition) is 2. The number of carbonyl (C=O) groups excluding carboxylic acids is 2. The maximum Gasteiger partial charge on any atom is 0.282 e. The van der Waals surface area contributed by atoms with Crippen molar-refractivity contribution in [3.05, 3.63) is 57.2 Å². The number of para-hydroxylation sites is 1. The third kappa shape index (κ3) is 2.94. The minimum Gasteiger partial charge on any atom is -0.504 e. The third-order valence-electron chi connectivity index (χ3n) is 3.49. The van der Waals surface area contributed by atoms with Crippen molar-refractivity contribution in [2.24, 2.45) is 0 Å². The summed E-state index contributed by atoms with van der Waals surface area (Å²) in [5.74, 6) is -0.618. The van der Waals surface area contributed by atoms with E-state index in [1.54, 1.807) is 36.4 Å². The van der Waals surface area contributed by atoms with Crippen molar-refractivity contribution in [3.63, 3.8) is 0 Å². The maximum atomic E-state index is 12.5. The number of nitrogens with one attached hydrogen (secondary N) is 1. The van der Waals surface area contributed by atoms with Crippen LogP contribution in [0.1, 0.15) is 5.56 Å². The van der Waals surface area contributed by atoms with E-state index >= 15 is 0 Å². The second-order valence-electron chi connectivity index (χ2n) is 5.03. The summed E-state index contributed by atoms with van der Waals surface area (Å²) in [7, 11) is 1.44. The lowest BCUT2D eigenvalue weighted by Crippen LogP contribution is -2.35. The Balaban J connectivity index is 1.98. The molecule has 2 aromatic carbocycles. The van der Waals surface area contributed by atoms with E-state index < -0.39 is 11.8 Å². The SMILES string of the molecule is COc1cc(C=C2C(=O)NN(c3ccccc3)C2=O)cc(I)c1O. The normalized spacial score (nSPS) is 15.8.